The third-order valence-electron chi connectivity index (χ3n) is 3.44. The molecule has 0 aromatic heterocycles. The molecule has 1 aromatic carbocycles. The Hall–Kier alpha value is -1.51. The van der Waals surface area contributed by atoms with Crippen molar-refractivity contribution < 1.29 is 4.79 Å². The molecule has 1 amide bonds. The first-order chi connectivity index (χ1) is 7.97. The van der Waals surface area contributed by atoms with E-state index in [1.54, 1.807) is 0 Å². The van der Waals surface area contributed by atoms with Crippen LogP contribution in [0.1, 0.15) is 32.3 Å². The topological polar surface area (TPSA) is 55.1 Å². The van der Waals surface area contributed by atoms with Crippen molar-refractivity contribution >= 4 is 11.6 Å². The van der Waals surface area contributed by atoms with Gasteiger partial charge in [-0.05, 0) is 36.0 Å². The normalized spacial score (nSPS) is 20.9. The molecule has 0 spiro atoms. The van der Waals surface area contributed by atoms with E-state index in [9.17, 15) is 4.79 Å². The summed E-state index contributed by atoms with van der Waals surface area (Å²) in [6.45, 7) is 4.35. The summed E-state index contributed by atoms with van der Waals surface area (Å²) in [7, 11) is 0. The first kappa shape index (κ1) is 12.0. The lowest BCUT2D eigenvalue weighted by atomic mass is 10.1. The van der Waals surface area contributed by atoms with Crippen molar-refractivity contribution in [2.45, 2.75) is 39.2 Å². The molecule has 0 aliphatic heterocycles. The van der Waals surface area contributed by atoms with E-state index in [0.717, 1.165) is 24.1 Å². The monoisotopic (exact) mass is 232 g/mol. The van der Waals surface area contributed by atoms with Gasteiger partial charge in [0.1, 0.15) is 0 Å². The average molecular weight is 232 g/mol. The summed E-state index contributed by atoms with van der Waals surface area (Å²) in [5.74, 6) is 0.142. The highest BCUT2D eigenvalue weighted by Crippen LogP contribution is 2.44. The molecule has 17 heavy (non-hydrogen) atoms. The lowest BCUT2D eigenvalue weighted by Crippen LogP contribution is -2.28. The first-order valence-corrected chi connectivity index (χ1v) is 6.11. The van der Waals surface area contributed by atoms with Crippen LogP contribution < -0.4 is 11.1 Å². The quantitative estimate of drug-likeness (QED) is 0.781. The first-order valence-electron chi connectivity index (χ1n) is 6.11. The lowest BCUT2D eigenvalue weighted by Gasteiger charge is -2.07. The second-order valence-corrected chi connectivity index (χ2v) is 5.56. The zero-order valence-corrected chi connectivity index (χ0v) is 10.5. The van der Waals surface area contributed by atoms with E-state index in [2.05, 4.69) is 19.2 Å². The van der Waals surface area contributed by atoms with Gasteiger partial charge in [0.25, 0.3) is 0 Å². The molecule has 0 radical (unpaired) electrons. The molecule has 1 aromatic rings. The van der Waals surface area contributed by atoms with Gasteiger partial charge in [-0.2, -0.15) is 0 Å². The van der Waals surface area contributed by atoms with Crippen LogP contribution in [0, 0.1) is 5.41 Å². The van der Waals surface area contributed by atoms with Gasteiger partial charge < -0.3 is 11.1 Å². The molecule has 0 saturated heterocycles. The summed E-state index contributed by atoms with van der Waals surface area (Å²) in [6, 6.07) is 8.08. The fraction of sp³-hybridized carbons (Fsp3) is 0.500. The van der Waals surface area contributed by atoms with Crippen molar-refractivity contribution in [2.24, 2.45) is 5.41 Å². The molecular weight excluding hydrogens is 212 g/mol. The molecule has 1 saturated carbocycles. The predicted octanol–water partition coefficient (Wildman–Crippen LogP) is 2.12. The number of amides is 1. The van der Waals surface area contributed by atoms with Crippen LogP contribution in [-0.4, -0.2) is 11.9 Å². The van der Waals surface area contributed by atoms with Gasteiger partial charge in [0, 0.05) is 18.2 Å². The molecule has 0 heterocycles. The Bertz CT molecular complexity index is 426. The number of benzene rings is 1. The van der Waals surface area contributed by atoms with Crippen molar-refractivity contribution in [3.8, 4) is 0 Å². The molecule has 1 aliphatic rings. The number of nitrogens with one attached hydrogen (secondary N) is 1. The Morgan fingerprint density at radius 3 is 2.82 bits per heavy atom. The van der Waals surface area contributed by atoms with Crippen molar-refractivity contribution in [3.05, 3.63) is 29.8 Å². The van der Waals surface area contributed by atoms with Crippen molar-refractivity contribution in [3.63, 3.8) is 0 Å². The van der Waals surface area contributed by atoms with Crippen LogP contribution in [-0.2, 0) is 11.2 Å². The smallest absolute Gasteiger partial charge is 0.220 e. The number of hydrogen-bond donors (Lipinski definition) is 2. The Balaban J connectivity index is 1.77. The van der Waals surface area contributed by atoms with Crippen LogP contribution in [0.5, 0.6) is 0 Å². The lowest BCUT2D eigenvalue weighted by molar-refractivity contribution is -0.121. The summed E-state index contributed by atoms with van der Waals surface area (Å²) in [5.41, 5.74) is 7.87. The molecule has 1 fully saturated rings. The minimum absolute atomic E-state index is 0.142. The average Bonchev–Trinajstić information content (AvgIpc) is 2.83. The molecule has 3 heteroatoms. The van der Waals surface area contributed by atoms with Crippen molar-refractivity contribution in [1.29, 1.82) is 0 Å². The number of hydrogen-bond acceptors (Lipinski definition) is 2. The minimum Gasteiger partial charge on any atom is -0.399 e. The highest BCUT2D eigenvalue weighted by Gasteiger charge is 2.46. The molecule has 2 rings (SSSR count). The Kier molecular flexibility index (Phi) is 3.09. The SMILES string of the molecule is CC1(C)CC1NC(=O)CCc1cccc(N)c1. The summed E-state index contributed by atoms with van der Waals surface area (Å²) in [5, 5.41) is 3.06. The van der Waals surface area contributed by atoms with Gasteiger partial charge in [-0.3, -0.25) is 4.79 Å². The molecule has 1 unspecified atom stereocenters. The van der Waals surface area contributed by atoms with E-state index >= 15 is 0 Å². The van der Waals surface area contributed by atoms with Crippen LogP contribution in [0.25, 0.3) is 0 Å². The maximum Gasteiger partial charge on any atom is 0.220 e. The number of carbonyl (C=O) groups excluding carboxylic acids is 1. The van der Waals surface area contributed by atoms with Gasteiger partial charge >= 0.3 is 0 Å². The van der Waals surface area contributed by atoms with Crippen LogP contribution in [0.3, 0.4) is 0 Å². The standard InChI is InChI=1S/C14H20N2O/c1-14(2)9-12(14)16-13(17)7-6-10-4-3-5-11(15)8-10/h3-5,8,12H,6-7,9,15H2,1-2H3,(H,16,17). The van der Waals surface area contributed by atoms with Gasteiger partial charge in [0.2, 0.25) is 5.91 Å². The maximum absolute atomic E-state index is 11.7. The van der Waals surface area contributed by atoms with Crippen LogP contribution in [0.2, 0.25) is 0 Å². The van der Waals surface area contributed by atoms with Gasteiger partial charge in [0.05, 0.1) is 0 Å². The fourth-order valence-corrected chi connectivity index (χ4v) is 1.99. The molecule has 92 valence electrons. The minimum atomic E-state index is 0.142. The highest BCUT2D eigenvalue weighted by molar-refractivity contribution is 5.77. The van der Waals surface area contributed by atoms with E-state index in [0.29, 0.717) is 17.9 Å². The number of carbonyl (C=O) groups is 1. The highest BCUT2D eigenvalue weighted by atomic mass is 16.1. The van der Waals surface area contributed by atoms with Gasteiger partial charge in [0.15, 0.2) is 0 Å². The van der Waals surface area contributed by atoms with E-state index in [-0.39, 0.29) is 5.91 Å². The number of nitrogens with two attached hydrogens (primary N) is 1. The Morgan fingerprint density at radius 2 is 2.24 bits per heavy atom. The van der Waals surface area contributed by atoms with E-state index in [1.165, 1.54) is 0 Å². The number of rotatable bonds is 4. The molecule has 1 aliphatic carbocycles. The maximum atomic E-state index is 11.7. The zero-order valence-electron chi connectivity index (χ0n) is 10.5. The van der Waals surface area contributed by atoms with Gasteiger partial charge in [-0.1, -0.05) is 26.0 Å². The van der Waals surface area contributed by atoms with Crippen LogP contribution in [0.4, 0.5) is 5.69 Å². The molecule has 0 bridgehead atoms. The summed E-state index contributed by atoms with van der Waals surface area (Å²) in [6.07, 6.45) is 2.39. The van der Waals surface area contributed by atoms with Gasteiger partial charge in [-0.25, -0.2) is 0 Å². The van der Waals surface area contributed by atoms with Crippen molar-refractivity contribution in [1.82, 2.24) is 5.32 Å². The van der Waals surface area contributed by atoms with Gasteiger partial charge in [-0.15, -0.1) is 0 Å². The summed E-state index contributed by atoms with van der Waals surface area (Å²) in [4.78, 5) is 11.7. The van der Waals surface area contributed by atoms with Crippen molar-refractivity contribution in [2.75, 3.05) is 5.73 Å². The summed E-state index contributed by atoms with van der Waals surface area (Å²) < 4.78 is 0. The predicted molar refractivity (Wildman–Crippen MR) is 69.5 cm³/mol. The molecule has 1 atom stereocenters. The molecular formula is C14H20N2O. The number of anilines is 1. The fourth-order valence-electron chi connectivity index (χ4n) is 1.99. The largest absolute Gasteiger partial charge is 0.399 e. The second kappa shape index (κ2) is 4.40. The zero-order chi connectivity index (χ0) is 12.5. The Labute approximate surface area is 102 Å². The third-order valence-corrected chi connectivity index (χ3v) is 3.44. The van der Waals surface area contributed by atoms with E-state index in [1.807, 2.05) is 24.3 Å². The van der Waals surface area contributed by atoms with Crippen LogP contribution in [0.15, 0.2) is 24.3 Å². The third kappa shape index (κ3) is 3.22. The van der Waals surface area contributed by atoms with Crippen LogP contribution >= 0.6 is 0 Å². The second-order valence-electron chi connectivity index (χ2n) is 5.56. The number of nitrogen functional groups attached to an aromatic ring is 1. The number of aryl methyl sites for hydroxylation is 1. The molecule has 3 N–H and O–H groups in total. The van der Waals surface area contributed by atoms with E-state index < -0.39 is 0 Å². The molecule has 3 nitrogen and oxygen atoms in total. The Morgan fingerprint density at radius 1 is 1.53 bits per heavy atom. The summed E-state index contributed by atoms with van der Waals surface area (Å²) >= 11 is 0. The van der Waals surface area contributed by atoms with E-state index in [4.69, 9.17) is 5.73 Å².